The van der Waals surface area contributed by atoms with E-state index in [1.165, 1.54) is 12.1 Å². The van der Waals surface area contributed by atoms with Crippen LogP contribution in [0.25, 0.3) is 0 Å². The molecule has 0 spiro atoms. The van der Waals surface area contributed by atoms with E-state index in [1.807, 2.05) is 22.9 Å². The molecule has 0 radical (unpaired) electrons. The summed E-state index contributed by atoms with van der Waals surface area (Å²) in [4.78, 5) is 0. The highest BCUT2D eigenvalue weighted by Gasteiger charge is 2.08. The summed E-state index contributed by atoms with van der Waals surface area (Å²) in [5, 5.41) is 13.9. The summed E-state index contributed by atoms with van der Waals surface area (Å²) in [6.45, 7) is 0. The number of aliphatic hydroxyl groups is 1. The summed E-state index contributed by atoms with van der Waals surface area (Å²) in [5.74, 6) is -0.280. The highest BCUT2D eigenvalue weighted by atomic mass is 79.9. The first-order chi connectivity index (χ1) is 8.13. The second-order valence-electron chi connectivity index (χ2n) is 3.97. The molecule has 2 rings (SSSR count). The summed E-state index contributed by atoms with van der Waals surface area (Å²) in [5.41, 5.74) is 1.93. The van der Waals surface area contributed by atoms with E-state index in [2.05, 4.69) is 15.9 Å². The first kappa shape index (κ1) is 12.7. The molecule has 1 atom stereocenters. The quantitative estimate of drug-likeness (QED) is 0.910. The Bertz CT molecular complexity index is 464. The van der Waals surface area contributed by atoms with Crippen molar-refractivity contribution < 1.29 is 9.50 Å². The molecule has 0 aliphatic heterocycles. The largest absolute Gasteiger partial charge is 0.392 e. The number of benzene rings is 1. The van der Waals surface area contributed by atoms with E-state index in [0.29, 0.717) is 17.3 Å². The van der Waals surface area contributed by atoms with Gasteiger partial charge in [-0.2, -0.15) is 11.3 Å². The standard InChI is InChI=1S/C13H12BrFOS/c14-11-3-10(4-12(15)7-11)6-13(16)5-9-1-2-17-8-9/h1-4,7-8,13,16H,5-6H2. The average Bonchev–Trinajstić information content (AvgIpc) is 2.67. The molecule has 1 nitrogen and oxygen atoms in total. The van der Waals surface area contributed by atoms with Crippen LogP contribution in [-0.4, -0.2) is 11.2 Å². The van der Waals surface area contributed by atoms with Crippen molar-refractivity contribution in [1.29, 1.82) is 0 Å². The van der Waals surface area contributed by atoms with Crippen LogP contribution in [0.5, 0.6) is 0 Å². The van der Waals surface area contributed by atoms with Gasteiger partial charge in [-0.25, -0.2) is 4.39 Å². The number of hydrogen-bond donors (Lipinski definition) is 1. The molecule has 1 aromatic carbocycles. The maximum absolute atomic E-state index is 13.1. The van der Waals surface area contributed by atoms with Crippen molar-refractivity contribution in [3.8, 4) is 0 Å². The molecule has 1 unspecified atom stereocenters. The predicted molar refractivity (Wildman–Crippen MR) is 71.8 cm³/mol. The minimum absolute atomic E-state index is 0.280. The maximum atomic E-state index is 13.1. The molecule has 2 aromatic rings. The van der Waals surface area contributed by atoms with Crippen molar-refractivity contribution in [2.45, 2.75) is 18.9 Å². The van der Waals surface area contributed by atoms with Gasteiger partial charge in [0.2, 0.25) is 0 Å². The summed E-state index contributed by atoms with van der Waals surface area (Å²) in [6, 6.07) is 6.70. The Morgan fingerprint density at radius 2 is 2.00 bits per heavy atom. The Hall–Kier alpha value is -0.710. The van der Waals surface area contributed by atoms with Crippen LogP contribution in [0, 0.1) is 5.82 Å². The van der Waals surface area contributed by atoms with Crippen molar-refractivity contribution in [2.75, 3.05) is 0 Å². The molecule has 17 heavy (non-hydrogen) atoms. The minimum Gasteiger partial charge on any atom is -0.392 e. The van der Waals surface area contributed by atoms with Gasteiger partial charge in [0.15, 0.2) is 0 Å². The number of rotatable bonds is 4. The van der Waals surface area contributed by atoms with Crippen LogP contribution in [-0.2, 0) is 12.8 Å². The summed E-state index contributed by atoms with van der Waals surface area (Å²) >= 11 is 4.86. The Morgan fingerprint density at radius 1 is 1.24 bits per heavy atom. The van der Waals surface area contributed by atoms with Crippen LogP contribution >= 0.6 is 27.3 Å². The van der Waals surface area contributed by atoms with Crippen LogP contribution in [0.4, 0.5) is 4.39 Å². The molecule has 1 N–H and O–H groups in total. The van der Waals surface area contributed by atoms with Crippen LogP contribution in [0.3, 0.4) is 0 Å². The second kappa shape index (κ2) is 5.76. The lowest BCUT2D eigenvalue weighted by atomic mass is 10.0. The van der Waals surface area contributed by atoms with Crippen LogP contribution in [0.1, 0.15) is 11.1 Å². The van der Waals surface area contributed by atoms with E-state index in [4.69, 9.17) is 0 Å². The SMILES string of the molecule is OC(Cc1ccsc1)Cc1cc(F)cc(Br)c1. The van der Waals surface area contributed by atoms with Crippen LogP contribution in [0.2, 0.25) is 0 Å². The molecule has 90 valence electrons. The van der Waals surface area contributed by atoms with Gasteiger partial charge in [-0.1, -0.05) is 15.9 Å². The van der Waals surface area contributed by atoms with Gasteiger partial charge in [0.1, 0.15) is 5.82 Å². The van der Waals surface area contributed by atoms with Gasteiger partial charge in [-0.05, 0) is 59.0 Å². The maximum Gasteiger partial charge on any atom is 0.124 e. The normalized spacial score (nSPS) is 12.6. The smallest absolute Gasteiger partial charge is 0.124 e. The summed E-state index contributed by atoms with van der Waals surface area (Å²) < 4.78 is 13.8. The van der Waals surface area contributed by atoms with E-state index in [0.717, 1.165) is 11.1 Å². The zero-order chi connectivity index (χ0) is 12.3. The Labute approximate surface area is 112 Å². The van der Waals surface area contributed by atoms with E-state index in [1.54, 1.807) is 11.3 Å². The highest BCUT2D eigenvalue weighted by molar-refractivity contribution is 9.10. The lowest BCUT2D eigenvalue weighted by molar-refractivity contribution is 0.175. The topological polar surface area (TPSA) is 20.2 Å². The van der Waals surface area contributed by atoms with E-state index >= 15 is 0 Å². The number of halogens is 2. The molecular weight excluding hydrogens is 303 g/mol. The van der Waals surface area contributed by atoms with Crippen molar-refractivity contribution in [3.63, 3.8) is 0 Å². The molecule has 4 heteroatoms. The monoisotopic (exact) mass is 314 g/mol. The van der Waals surface area contributed by atoms with Gasteiger partial charge in [0.05, 0.1) is 6.10 Å². The van der Waals surface area contributed by atoms with Gasteiger partial charge in [0, 0.05) is 4.47 Å². The van der Waals surface area contributed by atoms with E-state index in [-0.39, 0.29) is 5.82 Å². The van der Waals surface area contributed by atoms with Crippen LogP contribution in [0.15, 0.2) is 39.5 Å². The fraction of sp³-hybridized carbons (Fsp3) is 0.231. The molecule has 0 bridgehead atoms. The zero-order valence-electron chi connectivity index (χ0n) is 9.07. The first-order valence-corrected chi connectivity index (χ1v) is 7.01. The molecule has 0 aliphatic carbocycles. The molecule has 0 saturated heterocycles. The molecule has 0 amide bonds. The molecular formula is C13H12BrFOS. The Morgan fingerprint density at radius 3 is 2.65 bits per heavy atom. The minimum atomic E-state index is -0.474. The lowest BCUT2D eigenvalue weighted by Crippen LogP contribution is -2.13. The van der Waals surface area contributed by atoms with Gasteiger partial charge in [-0.15, -0.1) is 0 Å². The zero-order valence-corrected chi connectivity index (χ0v) is 11.5. The third-order valence-corrected chi connectivity index (χ3v) is 3.63. The summed E-state index contributed by atoms with van der Waals surface area (Å²) in [7, 11) is 0. The second-order valence-corrected chi connectivity index (χ2v) is 5.67. The number of hydrogen-bond acceptors (Lipinski definition) is 2. The summed E-state index contributed by atoms with van der Waals surface area (Å²) in [6.07, 6.45) is 0.599. The number of aliphatic hydroxyl groups excluding tert-OH is 1. The van der Waals surface area contributed by atoms with Gasteiger partial charge >= 0.3 is 0 Å². The highest BCUT2D eigenvalue weighted by Crippen LogP contribution is 2.17. The van der Waals surface area contributed by atoms with Gasteiger partial charge in [-0.3, -0.25) is 0 Å². The molecule has 0 aliphatic rings. The first-order valence-electron chi connectivity index (χ1n) is 5.27. The molecule has 1 aromatic heterocycles. The van der Waals surface area contributed by atoms with Crippen molar-refractivity contribution in [2.24, 2.45) is 0 Å². The van der Waals surface area contributed by atoms with Gasteiger partial charge in [0.25, 0.3) is 0 Å². The number of thiophene rings is 1. The third kappa shape index (κ3) is 3.91. The fourth-order valence-corrected chi connectivity index (χ4v) is 2.95. The molecule has 0 fully saturated rings. The molecule has 1 heterocycles. The molecule has 0 saturated carbocycles. The van der Waals surface area contributed by atoms with Crippen LogP contribution < -0.4 is 0 Å². The van der Waals surface area contributed by atoms with Crippen molar-refractivity contribution >= 4 is 27.3 Å². The Kier molecular flexibility index (Phi) is 4.31. The van der Waals surface area contributed by atoms with Crippen molar-refractivity contribution in [1.82, 2.24) is 0 Å². The van der Waals surface area contributed by atoms with E-state index < -0.39 is 6.10 Å². The average molecular weight is 315 g/mol. The van der Waals surface area contributed by atoms with E-state index in [9.17, 15) is 9.50 Å². The van der Waals surface area contributed by atoms with Gasteiger partial charge < -0.3 is 5.11 Å². The third-order valence-electron chi connectivity index (χ3n) is 2.45. The fourth-order valence-electron chi connectivity index (χ4n) is 1.75. The lowest BCUT2D eigenvalue weighted by Gasteiger charge is -2.10. The Balaban J connectivity index is 2.00. The predicted octanol–water partition coefficient (Wildman–Crippen LogP) is 3.80. The van der Waals surface area contributed by atoms with Crippen molar-refractivity contribution in [3.05, 3.63) is 56.4 Å².